The van der Waals surface area contributed by atoms with Crippen molar-refractivity contribution in [3.63, 3.8) is 0 Å². The maximum absolute atomic E-state index is 12.3. The lowest BCUT2D eigenvalue weighted by atomic mass is 10.0. The maximum atomic E-state index is 12.3. The lowest BCUT2D eigenvalue weighted by Crippen LogP contribution is -2.30. The fourth-order valence-corrected chi connectivity index (χ4v) is 3.38. The summed E-state index contributed by atoms with van der Waals surface area (Å²) in [5, 5.41) is 7.20. The molecule has 3 heterocycles. The van der Waals surface area contributed by atoms with Gasteiger partial charge in [-0.1, -0.05) is 0 Å². The first-order valence-electron chi connectivity index (χ1n) is 6.86. The van der Waals surface area contributed by atoms with E-state index in [4.69, 9.17) is 0 Å². The van der Waals surface area contributed by atoms with Crippen LogP contribution in [0.3, 0.4) is 0 Å². The van der Waals surface area contributed by atoms with Gasteiger partial charge >= 0.3 is 0 Å². The molecule has 0 amide bonds. The molecule has 0 bridgehead atoms. The minimum atomic E-state index is 0.189. The van der Waals surface area contributed by atoms with Crippen molar-refractivity contribution in [3.05, 3.63) is 34.5 Å². The van der Waals surface area contributed by atoms with Gasteiger partial charge in [0.05, 0.1) is 18.3 Å². The molecule has 1 fully saturated rings. The molecular weight excluding hydrogens is 272 g/mol. The van der Waals surface area contributed by atoms with Gasteiger partial charge in [0, 0.05) is 37.3 Å². The molecule has 0 saturated carbocycles. The van der Waals surface area contributed by atoms with Gasteiger partial charge < -0.3 is 0 Å². The molecule has 3 rings (SSSR count). The molecule has 0 radical (unpaired) electrons. The summed E-state index contributed by atoms with van der Waals surface area (Å²) in [5.41, 5.74) is 0.716. The minimum Gasteiger partial charge on any atom is -0.294 e. The number of carbonyl (C=O) groups is 1. The van der Waals surface area contributed by atoms with Crippen LogP contribution in [-0.2, 0) is 13.6 Å². The van der Waals surface area contributed by atoms with Crippen molar-refractivity contribution in [2.45, 2.75) is 31.8 Å². The molecule has 106 valence electrons. The summed E-state index contributed by atoms with van der Waals surface area (Å²) in [5.74, 6) is 0.189. The van der Waals surface area contributed by atoms with E-state index in [-0.39, 0.29) is 5.78 Å². The third kappa shape index (κ3) is 2.96. The normalized spacial score (nSPS) is 19.6. The van der Waals surface area contributed by atoms with Crippen molar-refractivity contribution >= 4 is 17.1 Å². The molecule has 1 unspecified atom stereocenters. The largest absolute Gasteiger partial charge is 0.294 e. The predicted molar refractivity (Wildman–Crippen MR) is 77.7 cm³/mol. The van der Waals surface area contributed by atoms with Crippen LogP contribution in [0.4, 0.5) is 0 Å². The summed E-state index contributed by atoms with van der Waals surface area (Å²) in [6, 6.07) is 0.339. The Labute approximate surface area is 122 Å². The summed E-state index contributed by atoms with van der Waals surface area (Å²) in [4.78, 5) is 19.0. The number of ketones is 1. The first-order valence-corrected chi connectivity index (χ1v) is 7.74. The van der Waals surface area contributed by atoms with E-state index in [9.17, 15) is 4.79 Å². The number of hydrogen-bond acceptors (Lipinski definition) is 5. The Morgan fingerprint density at radius 3 is 3.15 bits per heavy atom. The number of Topliss-reactive ketones (excluding diaryl/α,β-unsaturated/α-hetero) is 1. The molecule has 0 N–H and O–H groups in total. The van der Waals surface area contributed by atoms with Crippen LogP contribution in [0.2, 0.25) is 0 Å². The van der Waals surface area contributed by atoms with Crippen molar-refractivity contribution in [3.8, 4) is 0 Å². The highest BCUT2D eigenvalue weighted by atomic mass is 32.1. The monoisotopic (exact) mass is 290 g/mol. The Morgan fingerprint density at radius 1 is 1.55 bits per heavy atom. The molecule has 1 aliphatic rings. The van der Waals surface area contributed by atoms with Crippen molar-refractivity contribution in [1.29, 1.82) is 0 Å². The zero-order valence-corrected chi connectivity index (χ0v) is 12.3. The van der Waals surface area contributed by atoms with Crippen LogP contribution >= 0.6 is 11.3 Å². The van der Waals surface area contributed by atoms with E-state index in [0.717, 1.165) is 30.9 Å². The molecule has 5 nitrogen and oxygen atoms in total. The number of rotatable bonds is 5. The van der Waals surface area contributed by atoms with Gasteiger partial charge in [0.2, 0.25) is 0 Å². The average molecular weight is 290 g/mol. The second kappa shape index (κ2) is 5.85. The van der Waals surface area contributed by atoms with Crippen LogP contribution in [0.25, 0.3) is 0 Å². The third-order valence-corrected chi connectivity index (χ3v) is 4.53. The summed E-state index contributed by atoms with van der Waals surface area (Å²) in [6.07, 6.45) is 8.13. The van der Waals surface area contributed by atoms with Gasteiger partial charge in [-0.2, -0.15) is 5.10 Å². The van der Waals surface area contributed by atoms with Crippen molar-refractivity contribution in [1.82, 2.24) is 19.7 Å². The zero-order chi connectivity index (χ0) is 13.9. The summed E-state index contributed by atoms with van der Waals surface area (Å²) < 4.78 is 1.68. The van der Waals surface area contributed by atoms with Gasteiger partial charge in [-0.05, 0) is 19.4 Å². The van der Waals surface area contributed by atoms with Gasteiger partial charge in [-0.15, -0.1) is 11.3 Å². The number of likely N-dealkylation sites (tertiary alicyclic amines) is 1. The molecule has 1 atom stereocenters. The van der Waals surface area contributed by atoms with E-state index in [1.165, 1.54) is 0 Å². The topological polar surface area (TPSA) is 51.0 Å². The van der Waals surface area contributed by atoms with E-state index < -0.39 is 0 Å². The van der Waals surface area contributed by atoms with Crippen molar-refractivity contribution < 1.29 is 4.79 Å². The van der Waals surface area contributed by atoms with Gasteiger partial charge in [0.1, 0.15) is 5.01 Å². The van der Waals surface area contributed by atoms with Crippen LogP contribution < -0.4 is 0 Å². The predicted octanol–water partition coefficient (Wildman–Crippen LogP) is 2.11. The molecule has 0 aliphatic carbocycles. The Kier molecular flexibility index (Phi) is 3.93. The van der Waals surface area contributed by atoms with Gasteiger partial charge in [-0.25, -0.2) is 4.98 Å². The highest BCUT2D eigenvalue weighted by molar-refractivity contribution is 7.09. The smallest absolute Gasteiger partial charge is 0.167 e. The van der Waals surface area contributed by atoms with E-state index in [1.54, 1.807) is 28.4 Å². The lowest BCUT2D eigenvalue weighted by Gasteiger charge is -2.22. The molecule has 0 aromatic carbocycles. The fourth-order valence-electron chi connectivity index (χ4n) is 2.74. The Hall–Kier alpha value is -1.53. The molecule has 6 heteroatoms. The first kappa shape index (κ1) is 13.5. The number of aryl methyl sites for hydroxylation is 1. The van der Waals surface area contributed by atoms with E-state index >= 15 is 0 Å². The van der Waals surface area contributed by atoms with Gasteiger partial charge in [-0.3, -0.25) is 14.4 Å². The van der Waals surface area contributed by atoms with E-state index in [2.05, 4.69) is 15.0 Å². The third-order valence-electron chi connectivity index (χ3n) is 3.77. The maximum Gasteiger partial charge on any atom is 0.167 e. The van der Waals surface area contributed by atoms with Crippen molar-refractivity contribution in [2.24, 2.45) is 7.05 Å². The molecule has 0 spiro atoms. The summed E-state index contributed by atoms with van der Waals surface area (Å²) in [6.45, 7) is 1.92. The first-order chi connectivity index (χ1) is 9.72. The lowest BCUT2D eigenvalue weighted by molar-refractivity contribution is 0.0938. The van der Waals surface area contributed by atoms with Crippen LogP contribution in [0.15, 0.2) is 24.0 Å². The van der Waals surface area contributed by atoms with Crippen molar-refractivity contribution in [2.75, 3.05) is 6.54 Å². The number of hydrogen-bond donors (Lipinski definition) is 0. The Bertz CT molecular complexity index is 578. The Morgan fingerprint density at radius 2 is 2.45 bits per heavy atom. The Balaban J connectivity index is 1.62. The van der Waals surface area contributed by atoms with Crippen LogP contribution in [0, 0.1) is 0 Å². The van der Waals surface area contributed by atoms with Crippen LogP contribution in [-0.4, -0.2) is 38.0 Å². The second-order valence-corrected chi connectivity index (χ2v) is 6.20. The number of aromatic nitrogens is 3. The number of carbonyl (C=O) groups excluding carboxylic acids is 1. The average Bonchev–Trinajstić information content (AvgIpc) is 3.13. The molecule has 1 saturated heterocycles. The zero-order valence-electron chi connectivity index (χ0n) is 11.5. The van der Waals surface area contributed by atoms with Crippen LogP contribution in [0.5, 0.6) is 0 Å². The standard InChI is InChI=1S/C14H18N4OS/c1-17-9-11(8-16-17)13(19)7-12-3-2-5-18(12)10-14-15-4-6-20-14/h4,6,8-9,12H,2-3,5,7,10H2,1H3. The van der Waals surface area contributed by atoms with Crippen LogP contribution in [0.1, 0.15) is 34.6 Å². The van der Waals surface area contributed by atoms with Gasteiger partial charge in [0.25, 0.3) is 0 Å². The molecular formula is C14H18N4OS. The quantitative estimate of drug-likeness (QED) is 0.791. The molecule has 2 aromatic rings. The summed E-state index contributed by atoms with van der Waals surface area (Å²) >= 11 is 1.68. The minimum absolute atomic E-state index is 0.189. The second-order valence-electron chi connectivity index (χ2n) is 5.22. The summed E-state index contributed by atoms with van der Waals surface area (Å²) in [7, 11) is 1.83. The van der Waals surface area contributed by atoms with E-state index in [1.807, 2.05) is 18.6 Å². The highest BCUT2D eigenvalue weighted by Gasteiger charge is 2.27. The fraction of sp³-hybridized carbons (Fsp3) is 0.500. The molecule has 20 heavy (non-hydrogen) atoms. The SMILES string of the molecule is Cn1cc(C(=O)CC2CCCN2Cc2nccs2)cn1. The molecule has 2 aromatic heterocycles. The van der Waals surface area contributed by atoms with E-state index in [0.29, 0.717) is 18.0 Å². The van der Waals surface area contributed by atoms with Gasteiger partial charge in [0.15, 0.2) is 5.78 Å². The molecule has 1 aliphatic heterocycles. The highest BCUT2D eigenvalue weighted by Crippen LogP contribution is 2.24. The number of thiazole rings is 1. The number of nitrogens with zero attached hydrogens (tertiary/aromatic N) is 4.